The molecule has 0 unspecified atom stereocenters. The Kier molecular flexibility index (Phi) is 5.21. The molecule has 0 aliphatic rings. The van der Waals surface area contributed by atoms with Crippen LogP contribution in [0.5, 0.6) is 0 Å². The number of rotatable bonds is 4. The minimum atomic E-state index is 0. The molecule has 0 amide bonds. The number of allylic oxidation sites excluding steroid dienone is 2. The molecule has 4 N–H and O–H groups in total. The summed E-state index contributed by atoms with van der Waals surface area (Å²) in [5.41, 5.74) is 12.7. The van der Waals surface area contributed by atoms with Crippen molar-refractivity contribution in [3.05, 3.63) is 36.1 Å². The first kappa shape index (κ1) is 9.98. The third-order valence-corrected chi connectivity index (χ3v) is 1.39. The Bertz CT molecular complexity index is 183. The van der Waals surface area contributed by atoms with Gasteiger partial charge in [-0.15, -0.1) is 0 Å². The topological polar surface area (TPSA) is 52.0 Å². The van der Waals surface area contributed by atoms with Gasteiger partial charge in [0.1, 0.15) is 0 Å². The van der Waals surface area contributed by atoms with E-state index in [0.29, 0.717) is 6.54 Å². The first-order valence-electron chi connectivity index (χ1n) is 3.71. The second-order valence-corrected chi connectivity index (χ2v) is 2.29. The van der Waals surface area contributed by atoms with Crippen LogP contribution in [0.4, 0.5) is 0 Å². The maximum absolute atomic E-state index is 5.45. The highest BCUT2D eigenvalue weighted by atomic mass is 14.5. The second kappa shape index (κ2) is 5.74. The van der Waals surface area contributed by atoms with Gasteiger partial charge in [0.05, 0.1) is 0 Å². The van der Waals surface area contributed by atoms with Crippen LogP contribution >= 0.6 is 0 Å². The van der Waals surface area contributed by atoms with Gasteiger partial charge in [0, 0.05) is 7.97 Å². The lowest BCUT2D eigenvalue weighted by Crippen LogP contribution is -2.01. The van der Waals surface area contributed by atoms with E-state index >= 15 is 0 Å². The van der Waals surface area contributed by atoms with Crippen LogP contribution in [0.15, 0.2) is 36.1 Å². The lowest BCUT2D eigenvalue weighted by Gasteiger charge is -1.97. The summed E-state index contributed by atoms with van der Waals surface area (Å²) in [6, 6.07) is 0. The van der Waals surface area contributed by atoms with Crippen molar-refractivity contribution in [3.63, 3.8) is 0 Å². The zero-order valence-corrected chi connectivity index (χ0v) is 7.01. The van der Waals surface area contributed by atoms with Gasteiger partial charge in [-0.2, -0.15) is 0 Å². The van der Waals surface area contributed by atoms with E-state index < -0.39 is 0 Å². The Hall–Kier alpha value is -1.02. The highest BCUT2D eigenvalue weighted by Gasteiger charge is 1.88. The highest BCUT2D eigenvalue weighted by Crippen LogP contribution is 2.03. The predicted octanol–water partition coefficient (Wildman–Crippen LogP) is 1.56. The zero-order valence-electron chi connectivity index (χ0n) is 7.01. The molecule has 0 spiro atoms. The van der Waals surface area contributed by atoms with Crippen molar-refractivity contribution >= 4 is 0 Å². The van der Waals surface area contributed by atoms with Gasteiger partial charge in [-0.25, -0.2) is 0 Å². The van der Waals surface area contributed by atoms with Gasteiger partial charge < -0.3 is 11.5 Å². The van der Waals surface area contributed by atoms with Crippen molar-refractivity contribution in [2.75, 3.05) is 6.54 Å². The summed E-state index contributed by atoms with van der Waals surface area (Å²) in [4.78, 5) is 0. The summed E-state index contributed by atoms with van der Waals surface area (Å²) in [6.07, 6.45) is 6.19. The van der Waals surface area contributed by atoms with E-state index in [4.69, 9.17) is 11.5 Å². The summed E-state index contributed by atoms with van der Waals surface area (Å²) in [6.45, 7) is 6.40. The predicted molar refractivity (Wildman–Crippen MR) is 52.0 cm³/mol. The van der Waals surface area contributed by atoms with Crippen LogP contribution in [0.3, 0.4) is 0 Å². The maximum atomic E-state index is 5.45. The fourth-order valence-corrected chi connectivity index (χ4v) is 0.663. The van der Waals surface area contributed by atoms with Crippen LogP contribution in [0.1, 0.15) is 14.8 Å². The first-order chi connectivity index (χ1) is 5.24. The summed E-state index contributed by atoms with van der Waals surface area (Å²) in [5.74, 6) is 0. The molecule has 0 saturated heterocycles. The van der Waals surface area contributed by atoms with Crippen molar-refractivity contribution in [1.82, 2.24) is 0 Å². The van der Waals surface area contributed by atoms with Crippen molar-refractivity contribution in [3.8, 4) is 0 Å². The first-order valence-corrected chi connectivity index (χ1v) is 3.71. The molecule has 0 bridgehead atoms. The smallest absolute Gasteiger partial charge is 0.0178 e. The van der Waals surface area contributed by atoms with Gasteiger partial charge in [-0.3, -0.25) is 0 Å². The fourth-order valence-electron chi connectivity index (χ4n) is 0.663. The number of hydrogen-bond donors (Lipinski definition) is 2. The average molecular weight is 154 g/mol. The van der Waals surface area contributed by atoms with E-state index in [1.165, 1.54) is 6.20 Å². The van der Waals surface area contributed by atoms with Crippen LogP contribution in [-0.4, -0.2) is 6.54 Å². The molecule has 11 heavy (non-hydrogen) atoms. The zero-order chi connectivity index (χ0) is 8.69. The van der Waals surface area contributed by atoms with Gasteiger partial charge in [0.2, 0.25) is 0 Å². The van der Waals surface area contributed by atoms with Crippen LogP contribution < -0.4 is 11.5 Å². The third kappa shape index (κ3) is 4.39. The lowest BCUT2D eigenvalue weighted by molar-refractivity contribution is 1.12. The Morgan fingerprint density at radius 3 is 2.64 bits per heavy atom. The largest absolute Gasteiger partial charge is 0.405 e. The molecule has 0 fully saturated rings. The Morgan fingerprint density at radius 2 is 2.27 bits per heavy atom. The monoisotopic (exact) mass is 154 g/mol. The van der Waals surface area contributed by atoms with E-state index in [2.05, 4.69) is 13.5 Å². The molecule has 2 nitrogen and oxygen atoms in total. The Labute approximate surface area is 69.8 Å². The van der Waals surface area contributed by atoms with E-state index in [1.807, 2.05) is 6.08 Å². The van der Waals surface area contributed by atoms with Crippen LogP contribution in [0, 0.1) is 0 Å². The molecule has 0 heterocycles. The summed E-state index contributed by atoms with van der Waals surface area (Å²) in [7, 11) is 0. The molecule has 0 rings (SSSR count). The minimum Gasteiger partial charge on any atom is -0.405 e. The Balaban J connectivity index is 0. The van der Waals surface area contributed by atoms with Crippen molar-refractivity contribution < 1.29 is 1.43 Å². The second-order valence-electron chi connectivity index (χ2n) is 2.29. The summed E-state index contributed by atoms with van der Waals surface area (Å²) < 4.78 is 0. The molecule has 2 heteroatoms. The molecule has 0 radical (unpaired) electrons. The van der Waals surface area contributed by atoms with E-state index in [0.717, 1.165) is 17.6 Å². The molecular formula is C9H18N2. The quantitative estimate of drug-likeness (QED) is 0.604. The standard InChI is InChI=1S/C9H16N2.H2/c1-3-8(2)6-9(7-11)4-5-10;/h4-6H,2-3,7,10-11H2,1H3;1H/b5-4-,9-6+;. The van der Waals surface area contributed by atoms with Crippen molar-refractivity contribution in [1.29, 1.82) is 0 Å². The van der Waals surface area contributed by atoms with Crippen LogP contribution in [-0.2, 0) is 0 Å². The lowest BCUT2D eigenvalue weighted by atomic mass is 10.1. The van der Waals surface area contributed by atoms with E-state index in [-0.39, 0.29) is 1.43 Å². The SMILES string of the molecule is C=C(/C=C(\C=C/N)CN)CC.[HH]. The molecule has 0 saturated carbocycles. The van der Waals surface area contributed by atoms with Crippen LogP contribution in [0.25, 0.3) is 0 Å². The van der Waals surface area contributed by atoms with Gasteiger partial charge in [0.25, 0.3) is 0 Å². The van der Waals surface area contributed by atoms with Gasteiger partial charge in [0.15, 0.2) is 0 Å². The average Bonchev–Trinajstić information content (AvgIpc) is 2.03. The minimum absolute atomic E-state index is 0. The summed E-state index contributed by atoms with van der Waals surface area (Å²) >= 11 is 0. The Morgan fingerprint density at radius 1 is 1.64 bits per heavy atom. The van der Waals surface area contributed by atoms with Crippen LogP contribution in [0.2, 0.25) is 0 Å². The molecule has 0 aromatic heterocycles. The van der Waals surface area contributed by atoms with Crippen molar-refractivity contribution in [2.24, 2.45) is 11.5 Å². The van der Waals surface area contributed by atoms with Gasteiger partial charge >= 0.3 is 0 Å². The molecule has 64 valence electrons. The highest BCUT2D eigenvalue weighted by molar-refractivity contribution is 5.28. The molecule has 0 atom stereocenters. The number of hydrogen-bond acceptors (Lipinski definition) is 2. The fraction of sp³-hybridized carbons (Fsp3) is 0.333. The molecule has 0 aromatic carbocycles. The van der Waals surface area contributed by atoms with E-state index in [9.17, 15) is 0 Å². The molecular weight excluding hydrogens is 136 g/mol. The maximum Gasteiger partial charge on any atom is 0.0178 e. The van der Waals surface area contributed by atoms with E-state index in [1.54, 1.807) is 6.08 Å². The van der Waals surface area contributed by atoms with Crippen molar-refractivity contribution in [2.45, 2.75) is 13.3 Å². The van der Waals surface area contributed by atoms with Gasteiger partial charge in [-0.05, 0) is 24.3 Å². The summed E-state index contributed by atoms with van der Waals surface area (Å²) in [5, 5.41) is 0. The van der Waals surface area contributed by atoms with Gasteiger partial charge in [-0.1, -0.05) is 25.2 Å². The normalized spacial score (nSPS) is 12.4. The number of nitrogens with two attached hydrogens (primary N) is 2. The molecule has 0 aliphatic heterocycles. The molecule has 0 aliphatic carbocycles. The molecule has 0 aromatic rings. The third-order valence-electron chi connectivity index (χ3n) is 1.39.